The van der Waals surface area contributed by atoms with Crippen molar-refractivity contribution < 1.29 is 14.0 Å². The fraction of sp³-hybridized carbons (Fsp3) is 0.364. The fourth-order valence-electron chi connectivity index (χ4n) is 3.59. The van der Waals surface area contributed by atoms with Crippen molar-refractivity contribution in [1.82, 2.24) is 20.2 Å². The first kappa shape index (κ1) is 21.3. The number of carbonyl (C=O) groups is 2. The van der Waals surface area contributed by atoms with Crippen LogP contribution in [0.1, 0.15) is 12.8 Å². The summed E-state index contributed by atoms with van der Waals surface area (Å²) in [7, 11) is 2.10. The summed E-state index contributed by atoms with van der Waals surface area (Å²) in [6.45, 7) is 2.45. The van der Waals surface area contributed by atoms with Crippen LogP contribution in [0.4, 0.5) is 5.69 Å². The van der Waals surface area contributed by atoms with E-state index in [1.54, 1.807) is 36.2 Å². The van der Waals surface area contributed by atoms with E-state index >= 15 is 0 Å². The molecular weight excluding hydrogens is 414 g/mol. The molecule has 1 aliphatic heterocycles. The lowest BCUT2D eigenvalue weighted by Crippen LogP contribution is -2.49. The number of benzene rings is 1. The van der Waals surface area contributed by atoms with Gasteiger partial charge >= 0.3 is 11.8 Å². The summed E-state index contributed by atoms with van der Waals surface area (Å²) in [6.07, 6.45) is 5.69. The predicted molar refractivity (Wildman–Crippen MR) is 122 cm³/mol. The molecule has 1 saturated heterocycles. The van der Waals surface area contributed by atoms with Crippen molar-refractivity contribution in [3.05, 3.63) is 42.6 Å². The zero-order valence-electron chi connectivity index (χ0n) is 17.6. The molecular formula is C22H25N5O3S. The third-order valence-corrected chi connectivity index (χ3v) is 7.06. The van der Waals surface area contributed by atoms with Crippen LogP contribution in [0.25, 0.3) is 22.7 Å². The average molecular weight is 440 g/mol. The number of nitrogens with one attached hydrogen (secondary N) is 2. The lowest BCUT2D eigenvalue weighted by Gasteiger charge is -2.39. The van der Waals surface area contributed by atoms with Crippen molar-refractivity contribution in [2.24, 2.45) is 0 Å². The van der Waals surface area contributed by atoms with Crippen molar-refractivity contribution in [2.75, 3.05) is 38.3 Å². The second-order valence-corrected chi connectivity index (χ2v) is 9.02. The maximum Gasteiger partial charge on any atom is 0.313 e. The highest BCUT2D eigenvalue weighted by atomic mass is 32.2. The van der Waals surface area contributed by atoms with Crippen LogP contribution in [0.3, 0.4) is 0 Å². The summed E-state index contributed by atoms with van der Waals surface area (Å²) in [6, 6.07) is 10.6. The van der Waals surface area contributed by atoms with Gasteiger partial charge in [0.2, 0.25) is 5.89 Å². The van der Waals surface area contributed by atoms with Crippen molar-refractivity contribution in [3.8, 4) is 11.6 Å². The summed E-state index contributed by atoms with van der Waals surface area (Å²) >= 11 is 1.76. The molecule has 4 rings (SSSR count). The molecule has 0 saturated carbocycles. The van der Waals surface area contributed by atoms with Gasteiger partial charge in [0.1, 0.15) is 11.2 Å². The molecule has 0 aliphatic carbocycles. The summed E-state index contributed by atoms with van der Waals surface area (Å²) in [5.74, 6) is -0.940. The van der Waals surface area contributed by atoms with Crippen LogP contribution in [0, 0.1) is 0 Å². The van der Waals surface area contributed by atoms with Gasteiger partial charge in [-0.2, -0.15) is 11.8 Å². The highest BCUT2D eigenvalue weighted by Gasteiger charge is 2.33. The molecule has 2 amide bonds. The van der Waals surface area contributed by atoms with E-state index in [4.69, 9.17) is 4.42 Å². The smallest absolute Gasteiger partial charge is 0.313 e. The second-order valence-electron chi connectivity index (χ2n) is 7.74. The van der Waals surface area contributed by atoms with Crippen molar-refractivity contribution in [1.29, 1.82) is 0 Å². The van der Waals surface area contributed by atoms with Crippen LogP contribution in [0.15, 0.2) is 47.0 Å². The Morgan fingerprint density at radius 3 is 2.71 bits per heavy atom. The van der Waals surface area contributed by atoms with Gasteiger partial charge in [0.15, 0.2) is 5.58 Å². The van der Waals surface area contributed by atoms with Crippen LogP contribution < -0.4 is 10.6 Å². The van der Waals surface area contributed by atoms with E-state index in [0.29, 0.717) is 34.9 Å². The number of fused-ring (bicyclic) bond motifs is 1. The lowest BCUT2D eigenvalue weighted by atomic mass is 9.96. The molecule has 1 fully saturated rings. The largest absolute Gasteiger partial charge is 0.435 e. The molecule has 0 radical (unpaired) electrons. The number of rotatable bonds is 5. The molecule has 0 unspecified atom stereocenters. The Hall–Kier alpha value is -2.91. The summed E-state index contributed by atoms with van der Waals surface area (Å²) in [5, 5.41) is 5.45. The Morgan fingerprint density at radius 1 is 1.19 bits per heavy atom. The number of oxazole rings is 1. The topological polar surface area (TPSA) is 100 Å². The number of nitrogens with zero attached hydrogens (tertiary/aromatic N) is 3. The predicted octanol–water partition coefficient (Wildman–Crippen LogP) is 2.77. The molecule has 3 aromatic rings. The molecule has 162 valence electrons. The highest BCUT2D eigenvalue weighted by molar-refractivity contribution is 8.00. The minimum atomic E-state index is -0.701. The van der Waals surface area contributed by atoms with E-state index in [1.165, 1.54) is 0 Å². The second kappa shape index (κ2) is 9.07. The number of pyridine rings is 1. The molecule has 2 N–H and O–H groups in total. The quantitative estimate of drug-likeness (QED) is 0.590. The van der Waals surface area contributed by atoms with Crippen LogP contribution in [0.5, 0.6) is 0 Å². The molecule has 2 aromatic heterocycles. The molecule has 9 heteroatoms. The molecule has 1 aliphatic rings. The minimum absolute atomic E-state index is 0.0247. The van der Waals surface area contributed by atoms with E-state index in [1.807, 2.05) is 18.2 Å². The SMILES string of the molecule is CSC1(CNC(=O)C(=O)Nc2ccc3nc(-c4ccccn4)oc3c2)CCN(C)CC1. The molecule has 0 atom stereocenters. The Bertz CT molecular complexity index is 1080. The van der Waals surface area contributed by atoms with Crippen molar-refractivity contribution in [2.45, 2.75) is 17.6 Å². The van der Waals surface area contributed by atoms with Gasteiger partial charge in [0, 0.05) is 29.2 Å². The first-order chi connectivity index (χ1) is 15.0. The first-order valence-electron chi connectivity index (χ1n) is 10.1. The summed E-state index contributed by atoms with van der Waals surface area (Å²) < 4.78 is 5.74. The maximum absolute atomic E-state index is 12.4. The number of hydrogen-bond acceptors (Lipinski definition) is 7. The Morgan fingerprint density at radius 2 is 2.00 bits per heavy atom. The third-order valence-electron chi connectivity index (χ3n) is 5.64. The number of anilines is 1. The maximum atomic E-state index is 12.4. The zero-order chi connectivity index (χ0) is 21.8. The van der Waals surface area contributed by atoms with Gasteiger partial charge in [-0.15, -0.1) is 0 Å². The van der Waals surface area contributed by atoms with E-state index in [2.05, 4.69) is 38.8 Å². The Balaban J connectivity index is 1.39. The number of piperidine rings is 1. The standard InChI is InChI=1S/C22H25N5O3S/c1-27-11-8-22(31-2,9-12-27)14-24-19(28)20(29)25-15-6-7-16-18(13-15)30-21(26-16)17-5-3-4-10-23-17/h3-7,10,13H,8-9,11-12,14H2,1-2H3,(H,24,28)(H,25,29). The number of aromatic nitrogens is 2. The number of hydrogen-bond donors (Lipinski definition) is 2. The number of likely N-dealkylation sites (tertiary alicyclic amines) is 1. The average Bonchev–Trinajstić information content (AvgIpc) is 3.23. The van der Waals surface area contributed by atoms with E-state index in [-0.39, 0.29) is 4.75 Å². The van der Waals surface area contributed by atoms with Gasteiger partial charge in [-0.1, -0.05) is 6.07 Å². The van der Waals surface area contributed by atoms with E-state index < -0.39 is 11.8 Å². The fourth-order valence-corrected chi connectivity index (χ4v) is 4.40. The minimum Gasteiger partial charge on any atom is -0.435 e. The first-order valence-corrected chi connectivity index (χ1v) is 11.4. The number of carbonyl (C=O) groups excluding carboxylic acids is 2. The van der Waals surface area contributed by atoms with Gasteiger partial charge in [-0.25, -0.2) is 4.98 Å². The van der Waals surface area contributed by atoms with Gasteiger partial charge in [0.05, 0.1) is 0 Å². The normalized spacial score (nSPS) is 16.2. The molecule has 1 aromatic carbocycles. The summed E-state index contributed by atoms with van der Waals surface area (Å²) in [4.78, 5) is 35.7. The van der Waals surface area contributed by atoms with Crippen LogP contribution >= 0.6 is 11.8 Å². The summed E-state index contributed by atoms with van der Waals surface area (Å²) in [5.41, 5.74) is 2.24. The molecule has 8 nitrogen and oxygen atoms in total. The van der Waals surface area contributed by atoms with E-state index in [9.17, 15) is 9.59 Å². The Kier molecular flexibility index (Phi) is 6.24. The van der Waals surface area contributed by atoms with Crippen LogP contribution in [-0.4, -0.2) is 64.4 Å². The highest BCUT2D eigenvalue weighted by Crippen LogP contribution is 2.33. The lowest BCUT2D eigenvalue weighted by molar-refractivity contribution is -0.136. The van der Waals surface area contributed by atoms with Crippen LogP contribution in [0.2, 0.25) is 0 Å². The third kappa shape index (κ3) is 4.88. The molecule has 0 spiro atoms. The van der Waals surface area contributed by atoms with Crippen LogP contribution in [-0.2, 0) is 9.59 Å². The van der Waals surface area contributed by atoms with Gasteiger partial charge < -0.3 is 20.0 Å². The monoisotopic (exact) mass is 439 g/mol. The molecule has 0 bridgehead atoms. The van der Waals surface area contributed by atoms with Gasteiger partial charge in [-0.05, 0) is 63.5 Å². The van der Waals surface area contributed by atoms with Gasteiger partial charge in [0.25, 0.3) is 0 Å². The molecule has 3 heterocycles. The van der Waals surface area contributed by atoms with Crippen molar-refractivity contribution >= 4 is 40.4 Å². The number of amides is 2. The van der Waals surface area contributed by atoms with Gasteiger partial charge in [-0.3, -0.25) is 14.6 Å². The van der Waals surface area contributed by atoms with E-state index in [0.717, 1.165) is 25.9 Å². The zero-order valence-corrected chi connectivity index (χ0v) is 18.4. The van der Waals surface area contributed by atoms with Crippen molar-refractivity contribution in [3.63, 3.8) is 0 Å². The number of thioether (sulfide) groups is 1. The molecule has 31 heavy (non-hydrogen) atoms. The Labute approximate surface area is 184 Å².